The highest BCUT2D eigenvalue weighted by Gasteiger charge is 2.24. The number of hydrogen-bond donors (Lipinski definition) is 1. The number of ether oxygens (including phenoxy) is 2. The molecule has 162 valence electrons. The van der Waals surface area contributed by atoms with Gasteiger partial charge in [-0.2, -0.15) is 0 Å². The van der Waals surface area contributed by atoms with Crippen LogP contribution < -0.4 is 20.3 Å². The van der Waals surface area contributed by atoms with Gasteiger partial charge >= 0.3 is 0 Å². The van der Waals surface area contributed by atoms with E-state index in [0.29, 0.717) is 51.3 Å². The van der Waals surface area contributed by atoms with Gasteiger partial charge in [-0.1, -0.05) is 0 Å². The predicted octanol–water partition coefficient (Wildman–Crippen LogP) is 3.86. The van der Waals surface area contributed by atoms with Crippen LogP contribution in [0.15, 0.2) is 28.4 Å². The predicted molar refractivity (Wildman–Crippen MR) is 123 cm³/mol. The summed E-state index contributed by atoms with van der Waals surface area (Å²) in [6.07, 6.45) is 1.73. The lowest BCUT2D eigenvalue weighted by Gasteiger charge is -2.18. The van der Waals surface area contributed by atoms with Crippen LogP contribution in [0.5, 0.6) is 11.5 Å². The second kappa shape index (κ2) is 7.42. The first-order valence-electron chi connectivity index (χ1n) is 10.3. The molecule has 3 aromatic heterocycles. The van der Waals surface area contributed by atoms with E-state index in [1.165, 1.54) is 22.7 Å². The molecular formula is C22H18N4O4S2. The number of nitrogens with one attached hydrogen (secondary N) is 1. The van der Waals surface area contributed by atoms with Gasteiger partial charge in [0.25, 0.3) is 11.5 Å². The number of aryl methyl sites for hydroxylation is 2. The Balaban J connectivity index is 1.28. The zero-order chi connectivity index (χ0) is 21.8. The number of anilines is 1. The fourth-order valence-corrected chi connectivity index (χ4v) is 5.91. The van der Waals surface area contributed by atoms with E-state index in [0.717, 1.165) is 35.7 Å². The zero-order valence-corrected chi connectivity index (χ0v) is 18.8. The van der Waals surface area contributed by atoms with E-state index in [-0.39, 0.29) is 11.5 Å². The monoisotopic (exact) mass is 466 g/mol. The van der Waals surface area contributed by atoms with Gasteiger partial charge in [-0.15, -0.1) is 22.7 Å². The number of rotatable bonds is 3. The molecule has 4 aromatic rings. The SMILES string of the molecule is Cc1c(C(=O)Nc2nc(-c3ccc4c(c3)OCCO4)cs2)sc2nc3n(c(=O)c12)CCC3. The number of carbonyl (C=O) groups is 1. The first kappa shape index (κ1) is 19.4. The highest BCUT2D eigenvalue weighted by atomic mass is 32.1. The van der Waals surface area contributed by atoms with Gasteiger partial charge in [0, 0.05) is 23.9 Å². The van der Waals surface area contributed by atoms with Crippen molar-refractivity contribution in [2.45, 2.75) is 26.3 Å². The van der Waals surface area contributed by atoms with Crippen LogP contribution in [0.4, 0.5) is 5.13 Å². The molecule has 1 N–H and O–H groups in total. The first-order chi connectivity index (χ1) is 15.6. The minimum atomic E-state index is -0.280. The van der Waals surface area contributed by atoms with Crippen molar-refractivity contribution in [2.75, 3.05) is 18.5 Å². The Hall–Kier alpha value is -3.24. The van der Waals surface area contributed by atoms with E-state index < -0.39 is 0 Å². The molecule has 2 aliphatic heterocycles. The number of benzene rings is 1. The lowest BCUT2D eigenvalue weighted by atomic mass is 10.1. The third-order valence-electron chi connectivity index (χ3n) is 5.68. The number of nitrogens with zero attached hydrogens (tertiary/aromatic N) is 3. The van der Waals surface area contributed by atoms with E-state index in [2.05, 4.69) is 15.3 Å². The number of carbonyl (C=O) groups excluding carboxylic acids is 1. The van der Waals surface area contributed by atoms with Crippen LogP contribution in [0.1, 0.15) is 27.5 Å². The minimum absolute atomic E-state index is 0.0505. The standard InChI is InChI=1S/C22H18N4O4S2/c1-11-17-20(24-16-3-2-6-26(16)21(17)28)32-18(11)19(27)25-22-23-13(10-31-22)12-4-5-14-15(9-12)30-8-7-29-14/h4-5,9-10H,2-3,6-8H2,1H3,(H,23,25,27). The molecule has 2 aliphatic rings. The summed E-state index contributed by atoms with van der Waals surface area (Å²) < 4.78 is 12.9. The summed E-state index contributed by atoms with van der Waals surface area (Å²) in [5, 5.41) is 5.79. The summed E-state index contributed by atoms with van der Waals surface area (Å²) in [6, 6.07) is 5.68. The maximum absolute atomic E-state index is 13.0. The molecule has 1 amide bonds. The average Bonchev–Trinajstić information content (AvgIpc) is 3.53. The maximum Gasteiger partial charge on any atom is 0.267 e. The van der Waals surface area contributed by atoms with Gasteiger partial charge in [-0.05, 0) is 37.1 Å². The van der Waals surface area contributed by atoms with Crippen molar-refractivity contribution >= 4 is 43.9 Å². The highest BCUT2D eigenvalue weighted by molar-refractivity contribution is 7.21. The molecular weight excluding hydrogens is 448 g/mol. The summed E-state index contributed by atoms with van der Waals surface area (Å²) in [7, 11) is 0. The number of aromatic nitrogens is 3. The second-order valence-corrected chi connectivity index (χ2v) is 9.53. The Labute approximate surface area is 190 Å². The molecule has 8 nitrogen and oxygen atoms in total. The molecule has 0 radical (unpaired) electrons. The van der Waals surface area contributed by atoms with Crippen LogP contribution in [0.25, 0.3) is 21.5 Å². The van der Waals surface area contributed by atoms with Gasteiger partial charge < -0.3 is 9.47 Å². The molecule has 0 unspecified atom stereocenters. The summed E-state index contributed by atoms with van der Waals surface area (Å²) in [5.74, 6) is 1.94. The normalized spacial score (nSPS) is 14.5. The summed E-state index contributed by atoms with van der Waals surface area (Å²) in [6.45, 7) is 3.56. The third kappa shape index (κ3) is 3.09. The van der Waals surface area contributed by atoms with E-state index in [4.69, 9.17) is 9.47 Å². The van der Waals surface area contributed by atoms with Crippen molar-refractivity contribution in [3.05, 3.63) is 50.2 Å². The Morgan fingerprint density at radius 1 is 1.19 bits per heavy atom. The van der Waals surface area contributed by atoms with Gasteiger partial charge in [0.2, 0.25) is 0 Å². The van der Waals surface area contributed by atoms with E-state index >= 15 is 0 Å². The molecule has 6 rings (SSSR count). The molecule has 10 heteroatoms. The molecule has 0 bridgehead atoms. The fraction of sp³-hybridized carbons (Fsp3) is 0.273. The van der Waals surface area contributed by atoms with Crippen molar-refractivity contribution in [2.24, 2.45) is 0 Å². The number of thiophene rings is 1. The van der Waals surface area contributed by atoms with Crippen LogP contribution >= 0.6 is 22.7 Å². The Kier molecular flexibility index (Phi) is 4.51. The van der Waals surface area contributed by atoms with Crippen molar-refractivity contribution in [3.63, 3.8) is 0 Å². The van der Waals surface area contributed by atoms with Gasteiger partial charge in [0.1, 0.15) is 23.9 Å². The van der Waals surface area contributed by atoms with Gasteiger partial charge in [-0.25, -0.2) is 9.97 Å². The second-order valence-electron chi connectivity index (χ2n) is 7.68. The zero-order valence-electron chi connectivity index (χ0n) is 17.1. The van der Waals surface area contributed by atoms with Crippen LogP contribution in [0, 0.1) is 6.92 Å². The van der Waals surface area contributed by atoms with Crippen molar-refractivity contribution in [1.82, 2.24) is 14.5 Å². The van der Waals surface area contributed by atoms with E-state index in [1.54, 1.807) is 11.5 Å². The quantitative estimate of drug-likeness (QED) is 0.493. The van der Waals surface area contributed by atoms with Crippen LogP contribution in [-0.4, -0.2) is 33.7 Å². The number of thiazole rings is 1. The van der Waals surface area contributed by atoms with Crippen molar-refractivity contribution < 1.29 is 14.3 Å². The number of amides is 1. The van der Waals surface area contributed by atoms with E-state index in [9.17, 15) is 9.59 Å². The third-order valence-corrected chi connectivity index (χ3v) is 7.62. The molecule has 0 fully saturated rings. The first-order valence-corrected chi connectivity index (χ1v) is 12.0. The van der Waals surface area contributed by atoms with Crippen molar-refractivity contribution in [3.8, 4) is 22.8 Å². The maximum atomic E-state index is 13.0. The Morgan fingerprint density at radius 3 is 2.91 bits per heavy atom. The molecule has 0 saturated carbocycles. The Morgan fingerprint density at radius 2 is 2.03 bits per heavy atom. The Bertz CT molecular complexity index is 1450. The van der Waals surface area contributed by atoms with Gasteiger partial charge in [0.15, 0.2) is 16.6 Å². The van der Waals surface area contributed by atoms with Crippen molar-refractivity contribution in [1.29, 1.82) is 0 Å². The molecule has 0 aliphatic carbocycles. The topological polar surface area (TPSA) is 95.3 Å². The lowest BCUT2D eigenvalue weighted by molar-refractivity contribution is 0.103. The molecule has 0 atom stereocenters. The summed E-state index contributed by atoms with van der Waals surface area (Å²) >= 11 is 2.61. The minimum Gasteiger partial charge on any atom is -0.486 e. The molecule has 5 heterocycles. The van der Waals surface area contributed by atoms with Crippen LogP contribution in [0.2, 0.25) is 0 Å². The molecule has 32 heavy (non-hydrogen) atoms. The van der Waals surface area contributed by atoms with Crippen LogP contribution in [0.3, 0.4) is 0 Å². The largest absolute Gasteiger partial charge is 0.486 e. The number of hydrogen-bond acceptors (Lipinski definition) is 8. The van der Waals surface area contributed by atoms with Crippen LogP contribution in [-0.2, 0) is 13.0 Å². The molecule has 1 aromatic carbocycles. The molecule has 0 spiro atoms. The van der Waals surface area contributed by atoms with Gasteiger partial charge in [-0.3, -0.25) is 19.5 Å². The number of fused-ring (bicyclic) bond motifs is 3. The molecule has 0 saturated heterocycles. The highest BCUT2D eigenvalue weighted by Crippen LogP contribution is 2.36. The summed E-state index contributed by atoms with van der Waals surface area (Å²) in [5.41, 5.74) is 2.25. The smallest absolute Gasteiger partial charge is 0.267 e. The fourth-order valence-electron chi connectivity index (χ4n) is 4.11. The van der Waals surface area contributed by atoms with Gasteiger partial charge in [0.05, 0.1) is 16.0 Å². The van der Waals surface area contributed by atoms with E-state index in [1.807, 2.05) is 23.6 Å². The lowest BCUT2D eigenvalue weighted by Crippen LogP contribution is -2.20. The average molecular weight is 467 g/mol. The summed E-state index contributed by atoms with van der Waals surface area (Å²) in [4.78, 5) is 36.2.